The van der Waals surface area contributed by atoms with Crippen molar-refractivity contribution in [1.82, 2.24) is 0 Å². The molecule has 3 N–H and O–H groups in total. The Morgan fingerprint density at radius 3 is 2.50 bits per heavy atom. The first-order valence-corrected chi connectivity index (χ1v) is 6.56. The molecular formula is C13H19Cl2NO2. The van der Waals surface area contributed by atoms with E-state index < -0.39 is 5.60 Å². The van der Waals surface area contributed by atoms with Crippen molar-refractivity contribution in [1.29, 1.82) is 0 Å². The first-order chi connectivity index (χ1) is 8.27. The number of aliphatic hydroxyl groups is 1. The Hall–Kier alpha value is -0.480. The Morgan fingerprint density at radius 1 is 1.39 bits per heavy atom. The molecule has 0 bridgehead atoms. The van der Waals surface area contributed by atoms with Crippen LogP contribution in [0, 0.1) is 5.92 Å². The maximum absolute atomic E-state index is 10.1. The molecule has 18 heavy (non-hydrogen) atoms. The summed E-state index contributed by atoms with van der Waals surface area (Å²) in [5.74, 6) is 0.564. The number of benzene rings is 1. The fourth-order valence-electron chi connectivity index (χ4n) is 1.31. The van der Waals surface area contributed by atoms with Gasteiger partial charge in [-0.2, -0.15) is 0 Å². The molecule has 0 amide bonds. The van der Waals surface area contributed by atoms with Gasteiger partial charge in [0.1, 0.15) is 12.4 Å². The van der Waals surface area contributed by atoms with Crippen molar-refractivity contribution in [3.63, 3.8) is 0 Å². The molecule has 0 aliphatic rings. The molecule has 5 heteroatoms. The van der Waals surface area contributed by atoms with Crippen LogP contribution in [0.1, 0.15) is 26.3 Å². The number of hydrogen-bond acceptors (Lipinski definition) is 3. The van der Waals surface area contributed by atoms with Crippen LogP contribution in [0.25, 0.3) is 0 Å². The quantitative estimate of drug-likeness (QED) is 0.876. The summed E-state index contributed by atoms with van der Waals surface area (Å²) in [5.41, 5.74) is 5.43. The molecule has 0 aliphatic carbocycles. The molecule has 1 unspecified atom stereocenters. The Labute approximate surface area is 118 Å². The predicted molar refractivity (Wildman–Crippen MR) is 75.3 cm³/mol. The maximum Gasteiger partial charge on any atom is 0.142 e. The Balaban J connectivity index is 2.91. The molecule has 0 spiro atoms. The fourth-order valence-corrected chi connectivity index (χ4v) is 1.90. The van der Waals surface area contributed by atoms with E-state index in [4.69, 9.17) is 33.7 Å². The van der Waals surface area contributed by atoms with Gasteiger partial charge < -0.3 is 15.6 Å². The SMILES string of the molecule is CC(C)C(C)(O)COc1c(Cl)cc(Cl)cc1CN. The van der Waals surface area contributed by atoms with Crippen molar-refractivity contribution >= 4 is 23.2 Å². The summed E-state index contributed by atoms with van der Waals surface area (Å²) >= 11 is 12.0. The van der Waals surface area contributed by atoms with Crippen molar-refractivity contribution in [2.75, 3.05) is 6.61 Å². The molecule has 0 saturated heterocycles. The molecule has 1 aromatic rings. The third kappa shape index (κ3) is 3.75. The highest BCUT2D eigenvalue weighted by molar-refractivity contribution is 6.35. The molecule has 0 radical (unpaired) electrons. The van der Waals surface area contributed by atoms with Gasteiger partial charge >= 0.3 is 0 Å². The largest absolute Gasteiger partial charge is 0.489 e. The fraction of sp³-hybridized carbons (Fsp3) is 0.538. The number of hydrogen-bond donors (Lipinski definition) is 2. The highest BCUT2D eigenvalue weighted by atomic mass is 35.5. The van der Waals surface area contributed by atoms with E-state index in [0.29, 0.717) is 15.8 Å². The van der Waals surface area contributed by atoms with Crippen LogP contribution in [0.2, 0.25) is 10.0 Å². The second-order valence-electron chi connectivity index (χ2n) is 4.88. The minimum atomic E-state index is -0.922. The van der Waals surface area contributed by atoms with Crippen molar-refractivity contribution in [3.8, 4) is 5.75 Å². The van der Waals surface area contributed by atoms with E-state index in [-0.39, 0.29) is 19.1 Å². The minimum Gasteiger partial charge on any atom is -0.489 e. The zero-order valence-corrected chi connectivity index (χ0v) is 12.3. The highest BCUT2D eigenvalue weighted by Gasteiger charge is 2.26. The molecule has 0 heterocycles. The van der Waals surface area contributed by atoms with Gasteiger partial charge in [-0.05, 0) is 25.0 Å². The van der Waals surface area contributed by atoms with Crippen LogP contribution in [0.4, 0.5) is 0 Å². The summed E-state index contributed by atoms with van der Waals surface area (Å²) in [4.78, 5) is 0. The molecule has 1 rings (SSSR count). The molecule has 1 aromatic carbocycles. The Kier molecular flexibility index (Phi) is 5.29. The second kappa shape index (κ2) is 6.11. The van der Waals surface area contributed by atoms with Crippen LogP contribution in [0.5, 0.6) is 5.75 Å². The third-order valence-electron chi connectivity index (χ3n) is 3.06. The predicted octanol–water partition coefficient (Wildman–Crippen LogP) is 3.24. The van der Waals surface area contributed by atoms with E-state index in [1.54, 1.807) is 19.1 Å². The normalized spacial score (nSPS) is 14.7. The summed E-state index contributed by atoms with van der Waals surface area (Å²) in [7, 11) is 0. The smallest absolute Gasteiger partial charge is 0.142 e. The first-order valence-electron chi connectivity index (χ1n) is 5.81. The van der Waals surface area contributed by atoms with Gasteiger partial charge in [-0.3, -0.25) is 0 Å². The molecule has 102 valence electrons. The summed E-state index contributed by atoms with van der Waals surface area (Å²) in [5, 5.41) is 11.1. The lowest BCUT2D eigenvalue weighted by molar-refractivity contribution is -0.0268. The molecule has 0 saturated carbocycles. The summed E-state index contributed by atoms with van der Waals surface area (Å²) in [6.07, 6.45) is 0. The van der Waals surface area contributed by atoms with Crippen LogP contribution in [0.15, 0.2) is 12.1 Å². The molecular weight excluding hydrogens is 273 g/mol. The van der Waals surface area contributed by atoms with Crippen molar-refractivity contribution < 1.29 is 9.84 Å². The number of ether oxygens (including phenoxy) is 1. The molecule has 0 aliphatic heterocycles. The van der Waals surface area contributed by atoms with Crippen LogP contribution in [-0.4, -0.2) is 17.3 Å². The maximum atomic E-state index is 10.1. The van der Waals surface area contributed by atoms with Crippen molar-refractivity contribution in [2.24, 2.45) is 11.7 Å². The van der Waals surface area contributed by atoms with Gasteiger partial charge in [-0.1, -0.05) is 37.0 Å². The van der Waals surface area contributed by atoms with Crippen LogP contribution >= 0.6 is 23.2 Å². The number of halogens is 2. The van der Waals surface area contributed by atoms with E-state index in [1.165, 1.54) is 0 Å². The lowest BCUT2D eigenvalue weighted by Crippen LogP contribution is -2.38. The topological polar surface area (TPSA) is 55.5 Å². The van der Waals surface area contributed by atoms with Gasteiger partial charge in [-0.15, -0.1) is 0 Å². The molecule has 0 fully saturated rings. The van der Waals surface area contributed by atoms with Gasteiger partial charge in [0.05, 0.1) is 10.6 Å². The van der Waals surface area contributed by atoms with Crippen LogP contribution in [-0.2, 0) is 6.54 Å². The minimum absolute atomic E-state index is 0.0740. The Morgan fingerprint density at radius 2 is 2.00 bits per heavy atom. The second-order valence-corrected chi connectivity index (χ2v) is 5.72. The van der Waals surface area contributed by atoms with E-state index in [9.17, 15) is 5.11 Å². The van der Waals surface area contributed by atoms with E-state index in [1.807, 2.05) is 13.8 Å². The van der Waals surface area contributed by atoms with Crippen LogP contribution in [0.3, 0.4) is 0 Å². The summed E-state index contributed by atoms with van der Waals surface area (Å²) in [6.45, 7) is 6.01. The molecule has 0 aromatic heterocycles. The average Bonchev–Trinajstić information content (AvgIpc) is 2.26. The zero-order valence-electron chi connectivity index (χ0n) is 10.8. The van der Waals surface area contributed by atoms with Gasteiger partial charge in [0.15, 0.2) is 0 Å². The lowest BCUT2D eigenvalue weighted by Gasteiger charge is -2.28. The summed E-state index contributed by atoms with van der Waals surface area (Å²) in [6, 6.07) is 3.31. The number of nitrogens with two attached hydrogens (primary N) is 1. The van der Waals surface area contributed by atoms with E-state index in [0.717, 1.165) is 5.56 Å². The summed E-state index contributed by atoms with van der Waals surface area (Å²) < 4.78 is 5.62. The average molecular weight is 292 g/mol. The van der Waals surface area contributed by atoms with Crippen molar-refractivity contribution in [2.45, 2.75) is 32.9 Å². The Bertz CT molecular complexity index is 420. The van der Waals surface area contributed by atoms with Gasteiger partial charge in [0, 0.05) is 17.1 Å². The van der Waals surface area contributed by atoms with Gasteiger partial charge in [0.2, 0.25) is 0 Å². The van der Waals surface area contributed by atoms with Crippen LogP contribution < -0.4 is 10.5 Å². The first kappa shape index (κ1) is 15.6. The van der Waals surface area contributed by atoms with Gasteiger partial charge in [0.25, 0.3) is 0 Å². The van der Waals surface area contributed by atoms with E-state index >= 15 is 0 Å². The highest BCUT2D eigenvalue weighted by Crippen LogP contribution is 2.33. The van der Waals surface area contributed by atoms with Crippen molar-refractivity contribution in [3.05, 3.63) is 27.7 Å². The number of rotatable bonds is 5. The standard InChI is InChI=1S/C13H19Cl2NO2/c1-8(2)13(3,17)7-18-12-9(6-16)4-10(14)5-11(12)15/h4-5,8,17H,6-7,16H2,1-3H3. The lowest BCUT2D eigenvalue weighted by atomic mass is 9.94. The monoisotopic (exact) mass is 291 g/mol. The molecule has 3 nitrogen and oxygen atoms in total. The third-order valence-corrected chi connectivity index (χ3v) is 3.56. The van der Waals surface area contributed by atoms with Gasteiger partial charge in [-0.25, -0.2) is 0 Å². The molecule has 1 atom stereocenters. The zero-order chi connectivity index (χ0) is 13.9. The van der Waals surface area contributed by atoms with E-state index in [2.05, 4.69) is 0 Å².